The van der Waals surface area contributed by atoms with Gasteiger partial charge in [0.2, 0.25) is 0 Å². The van der Waals surface area contributed by atoms with Gasteiger partial charge >= 0.3 is 6.18 Å². The van der Waals surface area contributed by atoms with Crippen molar-refractivity contribution in [2.75, 3.05) is 0 Å². The number of hydrogen-bond donors (Lipinski definition) is 1. The molecule has 2 rings (SSSR count). The number of rotatable bonds is 3. The Morgan fingerprint density at radius 2 is 1.80 bits per heavy atom. The highest BCUT2D eigenvalue weighted by molar-refractivity contribution is 5.39. The summed E-state index contributed by atoms with van der Waals surface area (Å²) < 4.78 is 56.3. The van der Waals surface area contributed by atoms with Gasteiger partial charge in [0.25, 0.3) is 0 Å². The van der Waals surface area contributed by atoms with Crippen LogP contribution in [-0.4, -0.2) is 10.1 Å². The summed E-state index contributed by atoms with van der Waals surface area (Å²) in [5, 5.41) is 8.91. The lowest BCUT2D eigenvalue weighted by Gasteiger charge is -2.14. The van der Waals surface area contributed by atoms with Gasteiger partial charge in [-0.1, -0.05) is 0 Å². The van der Waals surface area contributed by atoms with Crippen molar-refractivity contribution in [3.63, 3.8) is 0 Å². The molecule has 1 aromatic carbocycles. The van der Waals surface area contributed by atoms with Crippen molar-refractivity contribution >= 4 is 0 Å². The third-order valence-corrected chi connectivity index (χ3v) is 2.43. The van der Waals surface area contributed by atoms with E-state index in [-0.39, 0.29) is 11.4 Å². The lowest BCUT2D eigenvalue weighted by molar-refractivity contribution is -0.138. The number of hydrogen-bond acceptors (Lipinski definition) is 3. The van der Waals surface area contributed by atoms with Crippen LogP contribution in [0.5, 0.6) is 11.5 Å². The molecule has 1 N–H and O–H groups in total. The minimum Gasteiger partial charge on any atom is -0.457 e. The van der Waals surface area contributed by atoms with Gasteiger partial charge < -0.3 is 9.84 Å². The molecule has 0 aliphatic rings. The van der Waals surface area contributed by atoms with Gasteiger partial charge in [0, 0.05) is 12.3 Å². The molecule has 0 fully saturated rings. The topological polar surface area (TPSA) is 42.4 Å². The predicted molar refractivity (Wildman–Crippen MR) is 61.6 cm³/mol. The lowest BCUT2D eigenvalue weighted by atomic mass is 10.2. The van der Waals surface area contributed by atoms with Crippen LogP contribution < -0.4 is 4.74 Å². The van der Waals surface area contributed by atoms with Gasteiger partial charge in [-0.25, -0.2) is 4.39 Å². The largest absolute Gasteiger partial charge is 0.457 e. The molecular weight excluding hydrogens is 278 g/mol. The van der Waals surface area contributed by atoms with E-state index < -0.39 is 29.9 Å². The molecule has 0 spiro atoms. The smallest absolute Gasteiger partial charge is 0.421 e. The third-order valence-electron chi connectivity index (χ3n) is 2.43. The van der Waals surface area contributed by atoms with E-state index >= 15 is 0 Å². The van der Waals surface area contributed by atoms with Gasteiger partial charge in [-0.15, -0.1) is 0 Å². The van der Waals surface area contributed by atoms with Gasteiger partial charge in [-0.2, -0.15) is 13.2 Å². The third kappa shape index (κ3) is 3.24. The molecule has 0 amide bonds. The second-order valence-corrected chi connectivity index (χ2v) is 3.88. The Labute approximate surface area is 111 Å². The fourth-order valence-corrected chi connectivity index (χ4v) is 1.49. The minimum absolute atomic E-state index is 0.0371. The fourth-order valence-electron chi connectivity index (χ4n) is 1.49. The number of nitrogens with zero attached hydrogens (tertiary/aromatic N) is 1. The molecule has 1 aromatic heterocycles. The van der Waals surface area contributed by atoms with E-state index in [0.29, 0.717) is 6.20 Å². The Morgan fingerprint density at radius 3 is 2.35 bits per heavy atom. The highest BCUT2D eigenvalue weighted by Crippen LogP contribution is 2.37. The maximum atomic E-state index is 12.8. The zero-order chi connectivity index (χ0) is 14.8. The molecule has 0 atom stereocenters. The molecule has 0 aliphatic carbocycles. The molecule has 1 heterocycles. The van der Waals surface area contributed by atoms with E-state index in [2.05, 4.69) is 4.98 Å². The number of aliphatic hydroxyl groups excluding tert-OH is 1. The molecule has 0 bridgehead atoms. The fraction of sp³-hybridized carbons (Fsp3) is 0.154. The van der Waals surface area contributed by atoms with Gasteiger partial charge in [0.15, 0.2) is 0 Å². The minimum atomic E-state index is -4.64. The zero-order valence-electron chi connectivity index (χ0n) is 9.99. The Hall–Kier alpha value is -2.15. The first kappa shape index (κ1) is 14.3. The van der Waals surface area contributed by atoms with Crippen LogP contribution in [0.3, 0.4) is 0 Å². The zero-order valence-corrected chi connectivity index (χ0v) is 9.99. The highest BCUT2D eigenvalue weighted by atomic mass is 19.4. The predicted octanol–water partition coefficient (Wildman–Crippen LogP) is 3.52. The molecule has 2 aromatic rings. The lowest BCUT2D eigenvalue weighted by Crippen LogP contribution is -2.09. The molecule has 0 aliphatic heterocycles. The van der Waals surface area contributed by atoms with Crippen molar-refractivity contribution < 1.29 is 27.4 Å². The molecule has 0 unspecified atom stereocenters. The highest BCUT2D eigenvalue weighted by Gasteiger charge is 2.35. The van der Waals surface area contributed by atoms with E-state index in [1.54, 1.807) is 0 Å². The summed E-state index contributed by atoms with van der Waals surface area (Å²) in [6, 6.07) is 5.53. The van der Waals surface area contributed by atoms with Crippen molar-refractivity contribution in [1.82, 2.24) is 4.98 Å². The molecule has 0 radical (unpaired) electrons. The van der Waals surface area contributed by atoms with E-state index in [9.17, 15) is 17.6 Å². The number of aromatic nitrogens is 1. The van der Waals surface area contributed by atoms with Crippen LogP contribution in [0.1, 0.15) is 11.3 Å². The Kier molecular flexibility index (Phi) is 3.89. The quantitative estimate of drug-likeness (QED) is 0.878. The van der Waals surface area contributed by atoms with Crippen LogP contribution in [0.25, 0.3) is 0 Å². The van der Waals surface area contributed by atoms with Gasteiger partial charge in [0.05, 0.1) is 12.3 Å². The Morgan fingerprint density at radius 1 is 1.15 bits per heavy atom. The van der Waals surface area contributed by atoms with Gasteiger partial charge in [-0.05, 0) is 24.3 Å². The summed E-state index contributed by atoms with van der Waals surface area (Å²) in [5.41, 5.74) is -1.03. The first-order valence-corrected chi connectivity index (χ1v) is 5.50. The van der Waals surface area contributed by atoms with E-state index in [4.69, 9.17) is 9.84 Å². The first-order valence-electron chi connectivity index (χ1n) is 5.50. The van der Waals surface area contributed by atoms with Crippen molar-refractivity contribution in [2.24, 2.45) is 0 Å². The van der Waals surface area contributed by atoms with Crippen LogP contribution in [-0.2, 0) is 12.8 Å². The number of alkyl halides is 3. The number of benzene rings is 1. The molecule has 106 valence electrons. The molecule has 0 saturated heterocycles. The number of aliphatic hydroxyl groups is 1. The van der Waals surface area contributed by atoms with Crippen LogP contribution >= 0.6 is 0 Å². The average Bonchev–Trinajstić information content (AvgIpc) is 2.40. The van der Waals surface area contributed by atoms with Crippen LogP contribution in [0.15, 0.2) is 36.5 Å². The van der Waals surface area contributed by atoms with Crippen molar-refractivity contribution in [1.29, 1.82) is 0 Å². The molecule has 0 saturated carbocycles. The van der Waals surface area contributed by atoms with E-state index in [1.165, 1.54) is 12.1 Å². The second kappa shape index (κ2) is 5.46. The normalized spacial score (nSPS) is 11.4. The van der Waals surface area contributed by atoms with E-state index in [1.807, 2.05) is 0 Å². The summed E-state index contributed by atoms with van der Waals surface area (Å²) in [7, 11) is 0. The molecule has 20 heavy (non-hydrogen) atoms. The van der Waals surface area contributed by atoms with Crippen LogP contribution in [0.2, 0.25) is 0 Å². The van der Waals surface area contributed by atoms with Crippen LogP contribution in [0.4, 0.5) is 17.6 Å². The standard InChI is InChI=1S/C13H9F4NO2/c14-8-1-3-10(4-2-8)20-12-5-9(7-19)18-6-11(12)13(15,16)17/h1-6,19H,7H2. The van der Waals surface area contributed by atoms with Crippen molar-refractivity contribution in [2.45, 2.75) is 12.8 Å². The molecule has 7 heteroatoms. The second-order valence-electron chi connectivity index (χ2n) is 3.88. The first-order chi connectivity index (χ1) is 9.40. The van der Waals surface area contributed by atoms with Crippen LogP contribution in [0, 0.1) is 5.82 Å². The maximum Gasteiger partial charge on any atom is 0.421 e. The molecule has 3 nitrogen and oxygen atoms in total. The average molecular weight is 287 g/mol. The summed E-state index contributed by atoms with van der Waals surface area (Å²) in [4.78, 5) is 3.47. The van der Waals surface area contributed by atoms with Gasteiger partial charge in [0.1, 0.15) is 22.9 Å². The molecular formula is C13H9F4NO2. The van der Waals surface area contributed by atoms with Crippen molar-refractivity contribution in [3.05, 3.63) is 53.6 Å². The maximum absolute atomic E-state index is 12.8. The Balaban J connectivity index is 2.40. The van der Waals surface area contributed by atoms with Crippen molar-refractivity contribution in [3.8, 4) is 11.5 Å². The number of pyridine rings is 1. The Bertz CT molecular complexity index is 596. The van der Waals surface area contributed by atoms with E-state index in [0.717, 1.165) is 18.2 Å². The SMILES string of the molecule is OCc1cc(Oc2ccc(F)cc2)c(C(F)(F)F)cn1. The monoisotopic (exact) mass is 287 g/mol. The summed E-state index contributed by atoms with van der Waals surface area (Å²) in [6.07, 6.45) is -4.05. The number of halogens is 4. The summed E-state index contributed by atoms with van der Waals surface area (Å²) in [5.74, 6) is -0.977. The summed E-state index contributed by atoms with van der Waals surface area (Å²) >= 11 is 0. The summed E-state index contributed by atoms with van der Waals surface area (Å²) in [6.45, 7) is -0.516. The van der Waals surface area contributed by atoms with Gasteiger partial charge in [-0.3, -0.25) is 4.98 Å². The number of ether oxygens (including phenoxy) is 1.